The summed E-state index contributed by atoms with van der Waals surface area (Å²) in [7, 11) is 2.15. The van der Waals surface area contributed by atoms with Crippen LogP contribution < -0.4 is 5.32 Å². The summed E-state index contributed by atoms with van der Waals surface area (Å²) < 4.78 is 12.8. The van der Waals surface area contributed by atoms with E-state index < -0.39 is 0 Å². The maximum atomic E-state index is 12.8. The molecule has 1 heterocycles. The fraction of sp³-hybridized carbons (Fsp3) is 0.600. The molecule has 3 heteroatoms. The van der Waals surface area contributed by atoms with Crippen LogP contribution in [0.5, 0.6) is 0 Å². The van der Waals surface area contributed by atoms with E-state index in [0.29, 0.717) is 5.41 Å². The quantitative estimate of drug-likeness (QED) is 0.864. The van der Waals surface area contributed by atoms with Gasteiger partial charge in [-0.2, -0.15) is 0 Å². The van der Waals surface area contributed by atoms with Gasteiger partial charge in [-0.1, -0.05) is 19.1 Å². The minimum absolute atomic E-state index is 0.161. The van der Waals surface area contributed by atoms with Crippen molar-refractivity contribution >= 4 is 0 Å². The first kappa shape index (κ1) is 13.5. The van der Waals surface area contributed by atoms with Crippen molar-refractivity contribution in [1.29, 1.82) is 0 Å². The molecule has 2 nitrogen and oxygen atoms in total. The fourth-order valence-electron chi connectivity index (χ4n) is 2.87. The Kier molecular flexibility index (Phi) is 4.36. The van der Waals surface area contributed by atoms with Crippen molar-refractivity contribution in [2.24, 2.45) is 5.41 Å². The number of halogens is 1. The van der Waals surface area contributed by atoms with Crippen molar-refractivity contribution in [1.82, 2.24) is 10.2 Å². The van der Waals surface area contributed by atoms with Crippen molar-refractivity contribution in [3.05, 3.63) is 35.6 Å². The number of hydrogen-bond acceptors (Lipinski definition) is 2. The maximum Gasteiger partial charge on any atom is 0.123 e. The lowest BCUT2D eigenvalue weighted by Crippen LogP contribution is -2.36. The Morgan fingerprint density at radius 1 is 1.33 bits per heavy atom. The molecule has 1 unspecified atom stereocenters. The summed E-state index contributed by atoms with van der Waals surface area (Å²) in [6, 6.07) is 6.82. The first-order valence-electron chi connectivity index (χ1n) is 6.77. The Bertz CT molecular complexity index is 369. The Balaban J connectivity index is 1.91. The van der Waals surface area contributed by atoms with Gasteiger partial charge in [-0.25, -0.2) is 4.39 Å². The number of nitrogens with one attached hydrogen (secondary N) is 1. The van der Waals surface area contributed by atoms with Crippen LogP contribution in [-0.4, -0.2) is 31.6 Å². The van der Waals surface area contributed by atoms with Crippen LogP contribution in [-0.2, 0) is 6.54 Å². The van der Waals surface area contributed by atoms with Gasteiger partial charge in [0.15, 0.2) is 0 Å². The van der Waals surface area contributed by atoms with Crippen molar-refractivity contribution < 1.29 is 4.39 Å². The molecule has 1 saturated heterocycles. The highest BCUT2D eigenvalue weighted by molar-refractivity contribution is 5.15. The van der Waals surface area contributed by atoms with Crippen molar-refractivity contribution in [3.63, 3.8) is 0 Å². The van der Waals surface area contributed by atoms with Crippen LogP contribution in [0.4, 0.5) is 4.39 Å². The molecule has 1 aromatic rings. The number of hydrogen-bond donors (Lipinski definition) is 1. The summed E-state index contributed by atoms with van der Waals surface area (Å²) in [5.41, 5.74) is 1.60. The summed E-state index contributed by atoms with van der Waals surface area (Å²) in [6.45, 7) is 6.53. The van der Waals surface area contributed by atoms with E-state index in [2.05, 4.69) is 24.2 Å². The molecule has 0 aliphatic carbocycles. The number of benzene rings is 1. The van der Waals surface area contributed by atoms with Gasteiger partial charge in [0.2, 0.25) is 0 Å². The van der Waals surface area contributed by atoms with Crippen LogP contribution in [0.2, 0.25) is 0 Å². The molecule has 1 aliphatic rings. The van der Waals surface area contributed by atoms with Crippen molar-refractivity contribution in [2.45, 2.75) is 26.3 Å². The molecule has 1 aliphatic heterocycles. The molecule has 1 N–H and O–H groups in total. The highest BCUT2D eigenvalue weighted by Crippen LogP contribution is 2.30. The zero-order valence-corrected chi connectivity index (χ0v) is 11.4. The lowest BCUT2D eigenvalue weighted by Gasteiger charge is -2.32. The van der Waals surface area contributed by atoms with E-state index in [0.717, 1.165) is 26.2 Å². The van der Waals surface area contributed by atoms with Gasteiger partial charge >= 0.3 is 0 Å². The molecular formula is C15H23FN2. The third kappa shape index (κ3) is 3.30. The van der Waals surface area contributed by atoms with E-state index in [1.165, 1.54) is 30.5 Å². The molecular weight excluding hydrogens is 227 g/mol. The van der Waals surface area contributed by atoms with Gasteiger partial charge < -0.3 is 10.2 Å². The first-order valence-corrected chi connectivity index (χ1v) is 6.77. The molecule has 1 atom stereocenters. The van der Waals surface area contributed by atoms with E-state index in [4.69, 9.17) is 0 Å². The van der Waals surface area contributed by atoms with Gasteiger partial charge in [-0.15, -0.1) is 0 Å². The Morgan fingerprint density at radius 3 is 2.61 bits per heavy atom. The monoisotopic (exact) mass is 250 g/mol. The van der Waals surface area contributed by atoms with E-state index in [1.807, 2.05) is 12.1 Å². The standard InChI is InChI=1S/C15H23FN2/c1-3-15(8-9-17-11-15)12-18(2)10-13-4-6-14(16)7-5-13/h4-7,17H,3,8-12H2,1-2H3. The van der Waals surface area contributed by atoms with Gasteiger partial charge in [0.1, 0.15) is 5.82 Å². The van der Waals surface area contributed by atoms with Gasteiger partial charge in [-0.05, 0) is 49.5 Å². The molecule has 18 heavy (non-hydrogen) atoms. The average molecular weight is 250 g/mol. The van der Waals surface area contributed by atoms with Crippen LogP contribution in [0, 0.1) is 11.2 Å². The summed E-state index contributed by atoms with van der Waals surface area (Å²) >= 11 is 0. The van der Waals surface area contributed by atoms with Crippen LogP contribution in [0.1, 0.15) is 25.3 Å². The molecule has 0 amide bonds. The third-order valence-corrected chi connectivity index (χ3v) is 4.05. The zero-order valence-electron chi connectivity index (χ0n) is 11.4. The first-order chi connectivity index (χ1) is 8.63. The summed E-state index contributed by atoms with van der Waals surface area (Å²) in [4.78, 5) is 2.35. The molecule has 0 radical (unpaired) electrons. The molecule has 0 spiro atoms. The van der Waals surface area contributed by atoms with E-state index in [-0.39, 0.29) is 5.82 Å². The highest BCUT2D eigenvalue weighted by atomic mass is 19.1. The molecule has 0 aromatic heterocycles. The van der Waals surface area contributed by atoms with E-state index in [1.54, 1.807) is 0 Å². The third-order valence-electron chi connectivity index (χ3n) is 4.05. The van der Waals surface area contributed by atoms with Gasteiger partial charge in [-0.3, -0.25) is 0 Å². The predicted molar refractivity (Wildman–Crippen MR) is 72.9 cm³/mol. The second-order valence-corrected chi connectivity index (χ2v) is 5.58. The van der Waals surface area contributed by atoms with Gasteiger partial charge in [0.25, 0.3) is 0 Å². The Labute approximate surface area is 109 Å². The van der Waals surface area contributed by atoms with E-state index in [9.17, 15) is 4.39 Å². The lowest BCUT2D eigenvalue weighted by molar-refractivity contribution is 0.179. The second kappa shape index (κ2) is 5.81. The zero-order chi connectivity index (χ0) is 13.0. The Morgan fingerprint density at radius 2 is 2.06 bits per heavy atom. The van der Waals surface area contributed by atoms with Gasteiger partial charge in [0, 0.05) is 19.6 Å². The molecule has 2 rings (SSSR count). The molecule has 1 aromatic carbocycles. The fourth-order valence-corrected chi connectivity index (χ4v) is 2.87. The highest BCUT2D eigenvalue weighted by Gasteiger charge is 2.32. The summed E-state index contributed by atoms with van der Waals surface area (Å²) in [5, 5.41) is 3.46. The average Bonchev–Trinajstić information content (AvgIpc) is 2.81. The maximum absolute atomic E-state index is 12.8. The van der Waals surface area contributed by atoms with Crippen LogP contribution in [0.25, 0.3) is 0 Å². The van der Waals surface area contributed by atoms with Gasteiger partial charge in [0.05, 0.1) is 0 Å². The SMILES string of the molecule is CCC1(CN(C)Cc2ccc(F)cc2)CCNC1. The van der Waals surface area contributed by atoms with Crippen molar-refractivity contribution in [3.8, 4) is 0 Å². The predicted octanol–water partition coefficient (Wildman–Crippen LogP) is 2.65. The normalized spacial score (nSPS) is 23.8. The summed E-state index contributed by atoms with van der Waals surface area (Å²) in [6.07, 6.45) is 2.48. The van der Waals surface area contributed by atoms with Crippen molar-refractivity contribution in [2.75, 3.05) is 26.7 Å². The number of nitrogens with zero attached hydrogens (tertiary/aromatic N) is 1. The minimum atomic E-state index is -0.161. The molecule has 0 bridgehead atoms. The molecule has 0 saturated carbocycles. The summed E-state index contributed by atoms with van der Waals surface area (Å²) in [5.74, 6) is -0.161. The molecule has 100 valence electrons. The Hall–Kier alpha value is -0.930. The second-order valence-electron chi connectivity index (χ2n) is 5.58. The lowest BCUT2D eigenvalue weighted by atomic mass is 9.84. The van der Waals surface area contributed by atoms with Crippen LogP contribution >= 0.6 is 0 Å². The van der Waals surface area contributed by atoms with E-state index >= 15 is 0 Å². The van der Waals surface area contributed by atoms with Crippen LogP contribution in [0.15, 0.2) is 24.3 Å². The minimum Gasteiger partial charge on any atom is -0.316 e. The smallest absolute Gasteiger partial charge is 0.123 e. The molecule has 1 fully saturated rings. The number of rotatable bonds is 5. The van der Waals surface area contributed by atoms with Crippen LogP contribution in [0.3, 0.4) is 0 Å². The largest absolute Gasteiger partial charge is 0.316 e. The topological polar surface area (TPSA) is 15.3 Å².